The molecule has 0 N–H and O–H groups in total. The van der Waals surface area contributed by atoms with E-state index < -0.39 is 0 Å². The molecule has 1 saturated carbocycles. The van der Waals surface area contributed by atoms with Crippen molar-refractivity contribution in [3.05, 3.63) is 11.1 Å². The van der Waals surface area contributed by atoms with Crippen LogP contribution in [-0.2, 0) is 4.79 Å². The van der Waals surface area contributed by atoms with E-state index in [0.29, 0.717) is 17.7 Å². The lowest BCUT2D eigenvalue weighted by atomic mass is 9.95. The van der Waals surface area contributed by atoms with Gasteiger partial charge in [0.1, 0.15) is 5.78 Å². The lowest BCUT2D eigenvalue weighted by molar-refractivity contribution is -0.122. The molecule has 16 heavy (non-hydrogen) atoms. The minimum absolute atomic E-state index is 0.311. The second kappa shape index (κ2) is 5.33. The largest absolute Gasteiger partial charge is 0.299 e. The minimum atomic E-state index is 0.311. The predicted octanol–water partition coefficient (Wildman–Crippen LogP) is 2.96. The molecule has 0 spiro atoms. The molecule has 0 amide bonds. The molecular formula is C13H20ClNO. The van der Waals surface area contributed by atoms with E-state index in [1.54, 1.807) is 5.54 Å². The normalized spacial score (nSPS) is 32.6. The number of carbonyl (C=O) groups is 1. The Bertz CT molecular complexity index is 300. The van der Waals surface area contributed by atoms with Gasteiger partial charge in [-0.2, -0.15) is 0 Å². The summed E-state index contributed by atoms with van der Waals surface area (Å²) in [7, 11) is 0. The molecule has 0 radical (unpaired) electrons. The summed E-state index contributed by atoms with van der Waals surface area (Å²) in [5.74, 6) is 0.801. The van der Waals surface area contributed by atoms with Gasteiger partial charge in [-0.3, -0.25) is 9.69 Å². The van der Waals surface area contributed by atoms with Gasteiger partial charge in [-0.15, -0.1) is 0 Å². The third-order valence-corrected chi connectivity index (χ3v) is 4.24. The maximum atomic E-state index is 11.8. The Morgan fingerprint density at radius 2 is 2.31 bits per heavy atom. The molecule has 2 rings (SSSR count). The topological polar surface area (TPSA) is 20.3 Å². The van der Waals surface area contributed by atoms with Crippen LogP contribution in [0.2, 0.25) is 0 Å². The Labute approximate surface area is 103 Å². The van der Waals surface area contributed by atoms with E-state index >= 15 is 0 Å². The summed E-state index contributed by atoms with van der Waals surface area (Å²) in [4.78, 5) is 14.2. The lowest BCUT2D eigenvalue weighted by Gasteiger charge is -2.28. The molecule has 1 saturated heterocycles. The zero-order valence-electron chi connectivity index (χ0n) is 9.92. The van der Waals surface area contributed by atoms with Gasteiger partial charge in [-0.05, 0) is 44.7 Å². The standard InChI is InChI=1S/C13H20ClNO/c1-10(8-14)9-15-7-3-5-12(15)11-4-2-6-13(11)16/h8,11-12H,2-7,9H2,1H3. The molecule has 0 bridgehead atoms. The van der Waals surface area contributed by atoms with Crippen LogP contribution in [0, 0.1) is 5.92 Å². The van der Waals surface area contributed by atoms with Crippen LogP contribution in [0.1, 0.15) is 39.0 Å². The van der Waals surface area contributed by atoms with Crippen LogP contribution >= 0.6 is 11.6 Å². The van der Waals surface area contributed by atoms with Gasteiger partial charge in [0.15, 0.2) is 0 Å². The van der Waals surface area contributed by atoms with Gasteiger partial charge in [-0.1, -0.05) is 11.6 Å². The van der Waals surface area contributed by atoms with Gasteiger partial charge in [0, 0.05) is 30.5 Å². The van der Waals surface area contributed by atoms with Crippen molar-refractivity contribution >= 4 is 17.4 Å². The van der Waals surface area contributed by atoms with Crippen molar-refractivity contribution in [3.63, 3.8) is 0 Å². The van der Waals surface area contributed by atoms with E-state index in [2.05, 4.69) is 11.8 Å². The van der Waals surface area contributed by atoms with E-state index in [4.69, 9.17) is 11.6 Å². The van der Waals surface area contributed by atoms with Crippen LogP contribution in [0.3, 0.4) is 0 Å². The summed E-state index contributed by atoms with van der Waals surface area (Å²) in [6.07, 6.45) is 5.41. The Morgan fingerprint density at radius 3 is 2.94 bits per heavy atom. The molecule has 0 aromatic carbocycles. The molecule has 3 heteroatoms. The highest BCUT2D eigenvalue weighted by molar-refractivity contribution is 6.25. The summed E-state index contributed by atoms with van der Waals surface area (Å²) in [6.45, 7) is 4.10. The monoisotopic (exact) mass is 241 g/mol. The molecule has 2 fully saturated rings. The number of hydrogen-bond donors (Lipinski definition) is 0. The Kier molecular flexibility index (Phi) is 4.04. The molecular weight excluding hydrogens is 222 g/mol. The molecule has 1 heterocycles. The van der Waals surface area contributed by atoms with Crippen LogP contribution < -0.4 is 0 Å². The highest BCUT2D eigenvalue weighted by atomic mass is 35.5. The SMILES string of the molecule is CC(=CCl)CN1CCCC1C1CCCC1=O. The van der Waals surface area contributed by atoms with Gasteiger partial charge >= 0.3 is 0 Å². The highest BCUT2D eigenvalue weighted by Gasteiger charge is 2.37. The first-order valence-corrected chi connectivity index (χ1v) is 6.68. The summed E-state index contributed by atoms with van der Waals surface area (Å²) < 4.78 is 0. The van der Waals surface area contributed by atoms with Crippen molar-refractivity contribution < 1.29 is 4.79 Å². The van der Waals surface area contributed by atoms with Crippen LogP contribution in [0.25, 0.3) is 0 Å². The number of likely N-dealkylation sites (tertiary alicyclic amines) is 1. The van der Waals surface area contributed by atoms with Crippen molar-refractivity contribution in [1.29, 1.82) is 0 Å². The van der Waals surface area contributed by atoms with Crippen LogP contribution in [0.4, 0.5) is 0 Å². The van der Waals surface area contributed by atoms with Crippen LogP contribution in [-0.4, -0.2) is 29.8 Å². The Hall–Kier alpha value is -0.340. The number of hydrogen-bond acceptors (Lipinski definition) is 2. The van der Waals surface area contributed by atoms with Gasteiger partial charge in [-0.25, -0.2) is 0 Å². The highest BCUT2D eigenvalue weighted by Crippen LogP contribution is 2.33. The number of nitrogens with zero attached hydrogens (tertiary/aromatic N) is 1. The number of carbonyl (C=O) groups excluding carboxylic acids is 1. The molecule has 2 aliphatic rings. The van der Waals surface area contributed by atoms with Crippen molar-refractivity contribution in [3.8, 4) is 0 Å². The summed E-state index contributed by atoms with van der Waals surface area (Å²) >= 11 is 5.71. The lowest BCUT2D eigenvalue weighted by Crippen LogP contribution is -2.38. The smallest absolute Gasteiger partial charge is 0.137 e. The minimum Gasteiger partial charge on any atom is -0.299 e. The van der Waals surface area contributed by atoms with Crippen LogP contribution in [0.5, 0.6) is 0 Å². The first kappa shape index (κ1) is 12.1. The van der Waals surface area contributed by atoms with Gasteiger partial charge in [0.25, 0.3) is 0 Å². The average Bonchev–Trinajstić information content (AvgIpc) is 2.86. The number of halogens is 1. The van der Waals surface area contributed by atoms with Crippen molar-refractivity contribution in [1.82, 2.24) is 4.90 Å². The van der Waals surface area contributed by atoms with Gasteiger partial charge < -0.3 is 0 Å². The fourth-order valence-electron chi connectivity index (χ4n) is 3.11. The molecule has 1 aliphatic heterocycles. The van der Waals surface area contributed by atoms with Crippen molar-refractivity contribution in [2.24, 2.45) is 5.92 Å². The molecule has 90 valence electrons. The molecule has 0 aromatic heterocycles. The van der Waals surface area contributed by atoms with Crippen molar-refractivity contribution in [2.75, 3.05) is 13.1 Å². The van der Waals surface area contributed by atoms with Crippen molar-refractivity contribution in [2.45, 2.75) is 45.1 Å². The number of Topliss-reactive ketones (excluding diaryl/α,β-unsaturated/α-hetero) is 1. The first-order chi connectivity index (χ1) is 7.72. The Morgan fingerprint density at radius 1 is 1.50 bits per heavy atom. The zero-order chi connectivity index (χ0) is 11.5. The van der Waals surface area contributed by atoms with E-state index in [1.165, 1.54) is 18.4 Å². The van der Waals surface area contributed by atoms with E-state index in [-0.39, 0.29) is 0 Å². The summed E-state index contributed by atoms with van der Waals surface area (Å²) in [5.41, 5.74) is 2.85. The van der Waals surface area contributed by atoms with Gasteiger partial charge in [0.05, 0.1) is 0 Å². The second-order valence-corrected chi connectivity index (χ2v) is 5.32. The molecule has 0 aromatic rings. The first-order valence-electron chi connectivity index (χ1n) is 6.25. The molecule has 2 unspecified atom stereocenters. The van der Waals surface area contributed by atoms with E-state index in [1.807, 2.05) is 0 Å². The average molecular weight is 242 g/mol. The maximum absolute atomic E-state index is 11.8. The van der Waals surface area contributed by atoms with Gasteiger partial charge in [0.2, 0.25) is 0 Å². The summed E-state index contributed by atoms with van der Waals surface area (Å²) in [5, 5.41) is 0. The van der Waals surface area contributed by atoms with E-state index in [9.17, 15) is 4.79 Å². The maximum Gasteiger partial charge on any atom is 0.137 e. The fraction of sp³-hybridized carbons (Fsp3) is 0.769. The molecule has 2 nitrogen and oxygen atoms in total. The quantitative estimate of drug-likeness (QED) is 0.757. The number of ketones is 1. The predicted molar refractivity (Wildman–Crippen MR) is 66.6 cm³/mol. The third kappa shape index (κ3) is 2.49. The zero-order valence-corrected chi connectivity index (χ0v) is 10.7. The Balaban J connectivity index is 2.00. The second-order valence-electron chi connectivity index (χ2n) is 5.10. The third-order valence-electron chi connectivity index (χ3n) is 3.87. The molecule has 2 atom stereocenters. The van der Waals surface area contributed by atoms with Crippen LogP contribution in [0.15, 0.2) is 11.1 Å². The van der Waals surface area contributed by atoms with E-state index in [0.717, 1.165) is 32.4 Å². The summed E-state index contributed by atoms with van der Waals surface area (Å²) in [6, 6.07) is 0.488. The number of rotatable bonds is 3. The fourth-order valence-corrected chi connectivity index (χ4v) is 3.18. The molecule has 1 aliphatic carbocycles.